The Bertz CT molecular complexity index is 1040. The number of aromatic nitrogens is 1. The average molecular weight is 444 g/mol. The Morgan fingerprint density at radius 2 is 1.90 bits per heavy atom. The molecule has 9 heteroatoms. The molecule has 2 N–H and O–H groups in total. The molecule has 1 saturated heterocycles. The Kier molecular flexibility index (Phi) is 5.95. The van der Waals surface area contributed by atoms with Crippen molar-refractivity contribution in [3.05, 3.63) is 39.5 Å². The second-order valence-corrected chi connectivity index (χ2v) is 9.28. The van der Waals surface area contributed by atoms with Crippen LogP contribution < -0.4 is 5.32 Å². The summed E-state index contributed by atoms with van der Waals surface area (Å²) in [6.07, 6.45) is 5.16. The van der Waals surface area contributed by atoms with E-state index < -0.39 is 18.4 Å². The van der Waals surface area contributed by atoms with Gasteiger partial charge < -0.3 is 19.9 Å². The van der Waals surface area contributed by atoms with Crippen LogP contribution in [0.4, 0.5) is 5.00 Å². The van der Waals surface area contributed by atoms with Crippen molar-refractivity contribution < 1.29 is 23.9 Å². The molecule has 4 rings (SSSR count). The molecule has 2 fully saturated rings. The van der Waals surface area contributed by atoms with Gasteiger partial charge in [-0.3, -0.25) is 14.4 Å². The van der Waals surface area contributed by atoms with Gasteiger partial charge >= 0.3 is 5.97 Å². The number of likely N-dealkylation sites (tertiary alicyclic amines) is 1. The summed E-state index contributed by atoms with van der Waals surface area (Å²) in [6, 6.07) is 1.50. The molecular formula is C22H25N3O5S. The van der Waals surface area contributed by atoms with Crippen molar-refractivity contribution in [1.29, 1.82) is 0 Å². The third kappa shape index (κ3) is 4.56. The van der Waals surface area contributed by atoms with Gasteiger partial charge in [0.25, 0.3) is 5.91 Å². The molecule has 0 bridgehead atoms. The lowest BCUT2D eigenvalue weighted by molar-refractivity contribution is -0.117. The highest BCUT2D eigenvalue weighted by molar-refractivity contribution is 7.16. The number of amides is 2. The van der Waals surface area contributed by atoms with Gasteiger partial charge in [-0.1, -0.05) is 0 Å². The minimum Gasteiger partial charge on any atom is -0.454 e. The quantitative estimate of drug-likeness (QED) is 0.504. The highest BCUT2D eigenvalue weighted by Gasteiger charge is 2.32. The highest BCUT2D eigenvalue weighted by atomic mass is 32.1. The SMILES string of the molecule is Cc1sc(NC(=O)C2CC2)c(C(=O)OCC(=O)c2c[nH]c(C(=O)N3CCCC3)c2)c1C. The maximum absolute atomic E-state index is 12.7. The fourth-order valence-electron chi connectivity index (χ4n) is 3.58. The molecule has 1 aliphatic carbocycles. The number of hydrogen-bond acceptors (Lipinski definition) is 6. The fourth-order valence-corrected chi connectivity index (χ4v) is 4.63. The summed E-state index contributed by atoms with van der Waals surface area (Å²) < 4.78 is 5.26. The summed E-state index contributed by atoms with van der Waals surface area (Å²) in [5.74, 6) is -1.26. The van der Waals surface area contributed by atoms with E-state index in [1.807, 2.05) is 6.92 Å². The Hall–Kier alpha value is -2.94. The second kappa shape index (κ2) is 8.66. The highest BCUT2D eigenvalue weighted by Crippen LogP contribution is 2.36. The molecule has 8 nitrogen and oxygen atoms in total. The van der Waals surface area contributed by atoms with Gasteiger partial charge in [-0.15, -0.1) is 11.3 Å². The van der Waals surface area contributed by atoms with Crippen molar-refractivity contribution in [2.75, 3.05) is 25.0 Å². The maximum atomic E-state index is 12.7. The average Bonchev–Trinajstić information content (AvgIpc) is 3.14. The second-order valence-electron chi connectivity index (χ2n) is 8.05. The summed E-state index contributed by atoms with van der Waals surface area (Å²) in [5, 5.41) is 3.29. The molecule has 2 amide bonds. The normalized spacial score (nSPS) is 15.7. The first-order valence-corrected chi connectivity index (χ1v) is 11.3. The van der Waals surface area contributed by atoms with Gasteiger partial charge in [0, 0.05) is 35.6 Å². The number of aromatic amines is 1. The van der Waals surface area contributed by atoms with E-state index in [0.717, 1.165) is 49.2 Å². The van der Waals surface area contributed by atoms with Gasteiger partial charge in [-0.25, -0.2) is 4.79 Å². The number of hydrogen-bond donors (Lipinski definition) is 2. The lowest BCUT2D eigenvalue weighted by atomic mass is 10.1. The largest absolute Gasteiger partial charge is 0.454 e. The molecule has 0 spiro atoms. The van der Waals surface area contributed by atoms with Crippen LogP contribution in [0.1, 0.15) is 67.3 Å². The number of aryl methyl sites for hydroxylation is 1. The predicted octanol–water partition coefficient (Wildman–Crippen LogP) is 3.32. The van der Waals surface area contributed by atoms with Gasteiger partial charge in [0.05, 0.1) is 5.56 Å². The van der Waals surface area contributed by atoms with E-state index >= 15 is 0 Å². The maximum Gasteiger partial charge on any atom is 0.341 e. The number of anilines is 1. The number of rotatable bonds is 7. The topological polar surface area (TPSA) is 109 Å². The third-order valence-electron chi connectivity index (χ3n) is 5.74. The zero-order valence-electron chi connectivity index (χ0n) is 17.6. The first-order valence-electron chi connectivity index (χ1n) is 10.4. The van der Waals surface area contributed by atoms with Crippen LogP contribution >= 0.6 is 11.3 Å². The lowest BCUT2D eigenvalue weighted by Crippen LogP contribution is -2.27. The number of nitrogens with zero attached hydrogens (tertiary/aromatic N) is 1. The zero-order valence-corrected chi connectivity index (χ0v) is 18.4. The smallest absolute Gasteiger partial charge is 0.341 e. The first-order chi connectivity index (χ1) is 14.8. The van der Waals surface area contributed by atoms with Crippen molar-refractivity contribution in [3.8, 4) is 0 Å². The van der Waals surface area contributed by atoms with Crippen LogP contribution in [0.5, 0.6) is 0 Å². The lowest BCUT2D eigenvalue weighted by Gasteiger charge is -2.13. The van der Waals surface area contributed by atoms with E-state index in [9.17, 15) is 19.2 Å². The molecule has 2 aliphatic rings. The van der Waals surface area contributed by atoms with Crippen LogP contribution in [-0.2, 0) is 9.53 Å². The van der Waals surface area contributed by atoms with Crippen LogP contribution in [0.3, 0.4) is 0 Å². The van der Waals surface area contributed by atoms with Gasteiger partial charge in [-0.05, 0) is 51.2 Å². The number of nitrogens with one attached hydrogen (secondary N) is 2. The van der Waals surface area contributed by atoms with Crippen molar-refractivity contribution in [2.24, 2.45) is 5.92 Å². The minimum atomic E-state index is -0.648. The van der Waals surface area contributed by atoms with Gasteiger partial charge in [0.15, 0.2) is 6.61 Å². The summed E-state index contributed by atoms with van der Waals surface area (Å²) in [4.78, 5) is 55.2. The molecule has 0 radical (unpaired) electrons. The molecule has 2 aromatic heterocycles. The number of carbonyl (C=O) groups excluding carboxylic acids is 4. The van der Waals surface area contributed by atoms with Gasteiger partial charge in [0.2, 0.25) is 11.7 Å². The van der Waals surface area contributed by atoms with E-state index in [1.165, 1.54) is 23.6 Å². The number of ketones is 1. The monoisotopic (exact) mass is 443 g/mol. The van der Waals surface area contributed by atoms with E-state index in [2.05, 4.69) is 10.3 Å². The van der Waals surface area contributed by atoms with Crippen LogP contribution in [0, 0.1) is 19.8 Å². The Balaban J connectivity index is 1.39. The van der Waals surface area contributed by atoms with E-state index in [1.54, 1.807) is 11.8 Å². The van der Waals surface area contributed by atoms with Crippen LogP contribution in [-0.4, -0.2) is 53.1 Å². The van der Waals surface area contributed by atoms with Crippen molar-refractivity contribution in [2.45, 2.75) is 39.5 Å². The third-order valence-corrected chi connectivity index (χ3v) is 6.86. The summed E-state index contributed by atoms with van der Waals surface area (Å²) >= 11 is 1.33. The molecule has 2 aromatic rings. The molecule has 164 valence electrons. The number of thiophene rings is 1. The van der Waals surface area contributed by atoms with Gasteiger partial charge in [0.1, 0.15) is 10.7 Å². The van der Waals surface area contributed by atoms with E-state index in [4.69, 9.17) is 4.74 Å². The number of Topliss-reactive ketones (excluding diaryl/α,β-unsaturated/α-hetero) is 1. The zero-order chi connectivity index (χ0) is 22.1. The number of ether oxygens (including phenoxy) is 1. The summed E-state index contributed by atoms with van der Waals surface area (Å²) in [7, 11) is 0. The van der Waals surface area contributed by atoms with Crippen LogP contribution in [0.2, 0.25) is 0 Å². The van der Waals surface area contributed by atoms with Crippen molar-refractivity contribution >= 4 is 39.9 Å². The molecule has 0 aromatic carbocycles. The molecular weight excluding hydrogens is 418 g/mol. The molecule has 3 heterocycles. The fraction of sp³-hybridized carbons (Fsp3) is 0.455. The summed E-state index contributed by atoms with van der Waals surface area (Å²) in [6.45, 7) is 4.65. The van der Waals surface area contributed by atoms with Gasteiger partial charge in [-0.2, -0.15) is 0 Å². The Morgan fingerprint density at radius 1 is 1.19 bits per heavy atom. The number of H-pyrrole nitrogens is 1. The number of esters is 1. The minimum absolute atomic E-state index is 0.0132. The number of carbonyl (C=O) groups is 4. The molecule has 0 unspecified atom stereocenters. The molecule has 1 saturated carbocycles. The van der Waals surface area contributed by atoms with Crippen LogP contribution in [0.15, 0.2) is 12.3 Å². The molecule has 31 heavy (non-hydrogen) atoms. The van der Waals surface area contributed by atoms with E-state index in [-0.39, 0.29) is 23.3 Å². The molecule has 0 atom stereocenters. The van der Waals surface area contributed by atoms with E-state index in [0.29, 0.717) is 16.3 Å². The molecule has 1 aliphatic heterocycles. The first kappa shape index (κ1) is 21.3. The Morgan fingerprint density at radius 3 is 2.58 bits per heavy atom. The Labute approximate surface area is 184 Å². The van der Waals surface area contributed by atoms with Crippen molar-refractivity contribution in [1.82, 2.24) is 9.88 Å². The standard InChI is InChI=1S/C22H25N3O5S/c1-12-13(2)31-20(24-19(27)14-5-6-14)18(12)22(29)30-11-17(26)15-9-16(23-10-15)21(28)25-7-3-4-8-25/h9-10,14,23H,3-8,11H2,1-2H3,(H,24,27). The van der Waals surface area contributed by atoms with Crippen LogP contribution in [0.25, 0.3) is 0 Å². The van der Waals surface area contributed by atoms with Crippen molar-refractivity contribution in [3.63, 3.8) is 0 Å². The summed E-state index contributed by atoms with van der Waals surface area (Å²) in [5.41, 5.74) is 1.67. The predicted molar refractivity (Wildman–Crippen MR) is 116 cm³/mol.